The predicted octanol–water partition coefficient (Wildman–Crippen LogP) is 2.31. The number of hydrogen-bond acceptors (Lipinski definition) is 3. The summed E-state index contributed by atoms with van der Waals surface area (Å²) in [6.07, 6.45) is 5.95. The van der Waals surface area contributed by atoms with Crippen molar-refractivity contribution >= 4 is 16.8 Å². The fourth-order valence-electron chi connectivity index (χ4n) is 4.12. The number of carbonyl (C=O) groups excluding carboxylic acids is 1. The Balaban J connectivity index is 1.50. The lowest BCUT2D eigenvalue weighted by Gasteiger charge is -2.47. The maximum atomic E-state index is 12.6. The summed E-state index contributed by atoms with van der Waals surface area (Å²) in [4.78, 5) is 15.1. The Labute approximate surface area is 130 Å². The Morgan fingerprint density at radius 3 is 2.77 bits per heavy atom. The van der Waals surface area contributed by atoms with Crippen LogP contribution in [0.25, 0.3) is 10.9 Å². The van der Waals surface area contributed by atoms with Gasteiger partial charge in [-0.3, -0.25) is 9.89 Å². The number of fused-ring (bicyclic) bond motifs is 3. The number of amides is 1. The van der Waals surface area contributed by atoms with Gasteiger partial charge in [0, 0.05) is 23.5 Å². The molecule has 2 aromatic rings. The minimum Gasteiger partial charge on any atom is -0.348 e. The molecule has 22 heavy (non-hydrogen) atoms. The van der Waals surface area contributed by atoms with Crippen molar-refractivity contribution in [2.45, 2.75) is 50.2 Å². The van der Waals surface area contributed by atoms with Gasteiger partial charge in [-0.25, -0.2) is 0 Å². The van der Waals surface area contributed by atoms with Gasteiger partial charge >= 0.3 is 0 Å². The van der Waals surface area contributed by atoms with Crippen molar-refractivity contribution in [3.8, 4) is 0 Å². The minimum atomic E-state index is -0.0509. The van der Waals surface area contributed by atoms with E-state index in [2.05, 4.69) is 27.5 Å². The quantitative estimate of drug-likeness (QED) is 0.894. The van der Waals surface area contributed by atoms with Gasteiger partial charge in [0.25, 0.3) is 5.91 Å². The van der Waals surface area contributed by atoms with Crippen LogP contribution < -0.4 is 5.32 Å². The highest BCUT2D eigenvalue weighted by molar-refractivity contribution is 6.04. The zero-order chi connectivity index (χ0) is 15.1. The van der Waals surface area contributed by atoms with E-state index >= 15 is 0 Å². The molecule has 2 N–H and O–H groups in total. The Kier molecular flexibility index (Phi) is 3.37. The van der Waals surface area contributed by atoms with E-state index in [1.54, 1.807) is 0 Å². The second-order valence-corrected chi connectivity index (χ2v) is 6.66. The third-order valence-electron chi connectivity index (χ3n) is 5.36. The number of piperidine rings is 2. The Morgan fingerprint density at radius 1 is 1.27 bits per heavy atom. The highest BCUT2D eigenvalue weighted by atomic mass is 16.2. The second-order valence-electron chi connectivity index (χ2n) is 6.66. The Hall–Kier alpha value is -1.88. The third kappa shape index (κ3) is 2.29. The molecule has 2 bridgehead atoms. The maximum absolute atomic E-state index is 12.6. The summed E-state index contributed by atoms with van der Waals surface area (Å²) in [6, 6.07) is 9.28. The van der Waals surface area contributed by atoms with E-state index in [4.69, 9.17) is 0 Å². The normalized spacial score (nSPS) is 28.7. The zero-order valence-electron chi connectivity index (χ0n) is 12.9. The number of aromatic amines is 1. The smallest absolute Gasteiger partial charge is 0.272 e. The number of rotatable bonds is 2. The average molecular weight is 298 g/mol. The van der Waals surface area contributed by atoms with Crippen LogP contribution in [0, 0.1) is 0 Å². The van der Waals surface area contributed by atoms with Crippen molar-refractivity contribution < 1.29 is 4.79 Å². The molecule has 1 aromatic heterocycles. The van der Waals surface area contributed by atoms with Gasteiger partial charge < -0.3 is 10.2 Å². The molecule has 2 saturated heterocycles. The molecule has 5 nitrogen and oxygen atoms in total. The van der Waals surface area contributed by atoms with Crippen molar-refractivity contribution in [2.24, 2.45) is 0 Å². The van der Waals surface area contributed by atoms with E-state index in [0.29, 0.717) is 17.8 Å². The predicted molar refractivity (Wildman–Crippen MR) is 85.8 cm³/mol. The van der Waals surface area contributed by atoms with Gasteiger partial charge in [0.2, 0.25) is 0 Å². The van der Waals surface area contributed by atoms with Gasteiger partial charge in [0.05, 0.1) is 5.52 Å². The molecule has 0 unspecified atom stereocenters. The van der Waals surface area contributed by atoms with Gasteiger partial charge in [-0.05, 0) is 38.8 Å². The van der Waals surface area contributed by atoms with Crippen LogP contribution in [0.15, 0.2) is 24.3 Å². The zero-order valence-corrected chi connectivity index (χ0v) is 12.9. The summed E-state index contributed by atoms with van der Waals surface area (Å²) in [5.74, 6) is -0.0509. The molecule has 3 heterocycles. The van der Waals surface area contributed by atoms with Crippen molar-refractivity contribution in [2.75, 3.05) is 7.05 Å². The summed E-state index contributed by atoms with van der Waals surface area (Å²) in [5.41, 5.74) is 1.42. The number of aromatic nitrogens is 2. The molecule has 0 radical (unpaired) electrons. The van der Waals surface area contributed by atoms with Gasteiger partial charge in [0.1, 0.15) is 0 Å². The van der Waals surface area contributed by atoms with E-state index in [-0.39, 0.29) is 11.9 Å². The molecule has 5 heteroatoms. The van der Waals surface area contributed by atoms with E-state index in [1.807, 2.05) is 24.3 Å². The number of nitrogens with one attached hydrogen (secondary N) is 2. The standard InChI is InChI=1S/C17H22N4O/c1-21-12-5-4-6-13(21)10-11(9-12)18-17(22)16-14-7-2-3-8-15(14)19-20-16/h2-3,7-8,11-13H,4-6,9-10H2,1H3,(H,18,22)(H,19,20)/t12-,13-/m1/s1. The maximum Gasteiger partial charge on any atom is 0.272 e. The van der Waals surface area contributed by atoms with E-state index in [0.717, 1.165) is 23.7 Å². The van der Waals surface area contributed by atoms with Crippen LogP contribution in [0.4, 0.5) is 0 Å². The summed E-state index contributed by atoms with van der Waals surface area (Å²) >= 11 is 0. The molecular weight excluding hydrogens is 276 g/mol. The fourth-order valence-corrected chi connectivity index (χ4v) is 4.12. The molecule has 4 rings (SSSR count). The summed E-state index contributed by atoms with van der Waals surface area (Å²) < 4.78 is 0. The third-order valence-corrected chi connectivity index (χ3v) is 5.36. The molecule has 2 aliphatic heterocycles. The van der Waals surface area contributed by atoms with Crippen LogP contribution in [-0.4, -0.2) is 46.2 Å². The van der Waals surface area contributed by atoms with E-state index in [1.165, 1.54) is 19.3 Å². The number of hydrogen-bond donors (Lipinski definition) is 2. The number of benzene rings is 1. The first-order valence-electron chi connectivity index (χ1n) is 8.18. The first-order valence-corrected chi connectivity index (χ1v) is 8.18. The molecule has 0 aliphatic carbocycles. The molecular formula is C17H22N4O. The van der Waals surface area contributed by atoms with Gasteiger partial charge in [-0.1, -0.05) is 24.6 Å². The highest BCUT2D eigenvalue weighted by Gasteiger charge is 2.36. The second kappa shape index (κ2) is 5.39. The Morgan fingerprint density at radius 2 is 2.00 bits per heavy atom. The van der Waals surface area contributed by atoms with Crippen molar-refractivity contribution in [1.82, 2.24) is 20.4 Å². The average Bonchev–Trinajstić information content (AvgIpc) is 2.92. The van der Waals surface area contributed by atoms with Gasteiger partial charge in [-0.15, -0.1) is 0 Å². The van der Waals surface area contributed by atoms with Crippen LogP contribution in [-0.2, 0) is 0 Å². The van der Waals surface area contributed by atoms with Crippen LogP contribution in [0.1, 0.15) is 42.6 Å². The SMILES string of the molecule is CN1[C@@H]2CCC[C@@H]1CC(NC(=O)c1n[nH]c3ccccc13)C2. The number of para-hydroxylation sites is 1. The minimum absolute atomic E-state index is 0.0509. The number of nitrogens with zero attached hydrogens (tertiary/aromatic N) is 2. The van der Waals surface area contributed by atoms with Crippen molar-refractivity contribution in [1.29, 1.82) is 0 Å². The molecule has 1 aromatic carbocycles. The lowest BCUT2D eigenvalue weighted by molar-refractivity contribution is 0.0462. The molecule has 116 valence electrons. The molecule has 2 aliphatic rings. The van der Waals surface area contributed by atoms with Crippen molar-refractivity contribution in [3.63, 3.8) is 0 Å². The topological polar surface area (TPSA) is 61.0 Å². The van der Waals surface area contributed by atoms with Gasteiger partial charge in [-0.2, -0.15) is 5.10 Å². The lowest BCUT2D eigenvalue weighted by Crippen LogP contribution is -2.55. The summed E-state index contributed by atoms with van der Waals surface area (Å²) in [7, 11) is 2.23. The number of H-pyrrole nitrogens is 1. The van der Waals surface area contributed by atoms with Crippen LogP contribution >= 0.6 is 0 Å². The summed E-state index contributed by atoms with van der Waals surface area (Å²) in [5, 5.41) is 11.2. The van der Waals surface area contributed by atoms with Crippen LogP contribution in [0.3, 0.4) is 0 Å². The molecule has 0 saturated carbocycles. The number of carbonyl (C=O) groups is 1. The fraction of sp³-hybridized carbons (Fsp3) is 0.529. The molecule has 0 spiro atoms. The van der Waals surface area contributed by atoms with Gasteiger partial charge in [0.15, 0.2) is 5.69 Å². The molecule has 1 amide bonds. The lowest BCUT2D eigenvalue weighted by atomic mass is 9.82. The first-order chi connectivity index (χ1) is 10.7. The summed E-state index contributed by atoms with van der Waals surface area (Å²) in [6.45, 7) is 0. The Bertz CT molecular complexity index is 681. The molecule has 2 atom stereocenters. The molecule has 2 fully saturated rings. The first kappa shape index (κ1) is 13.8. The highest BCUT2D eigenvalue weighted by Crippen LogP contribution is 2.32. The van der Waals surface area contributed by atoms with Crippen molar-refractivity contribution in [3.05, 3.63) is 30.0 Å². The monoisotopic (exact) mass is 298 g/mol. The van der Waals surface area contributed by atoms with E-state index < -0.39 is 0 Å². The largest absolute Gasteiger partial charge is 0.348 e. The van der Waals surface area contributed by atoms with Crippen LogP contribution in [0.5, 0.6) is 0 Å². The van der Waals surface area contributed by atoms with E-state index in [9.17, 15) is 4.79 Å². The van der Waals surface area contributed by atoms with Crippen LogP contribution in [0.2, 0.25) is 0 Å².